The molecular weight excluding hydrogens is 350 g/mol. The third-order valence-corrected chi connectivity index (χ3v) is 6.76. The third-order valence-electron chi connectivity index (χ3n) is 6.76. The van der Waals surface area contributed by atoms with Crippen LogP contribution in [0.3, 0.4) is 0 Å². The second kappa shape index (κ2) is 7.30. The topological polar surface area (TPSA) is 56.7 Å². The van der Waals surface area contributed by atoms with Crippen molar-refractivity contribution in [3.8, 4) is 0 Å². The summed E-state index contributed by atoms with van der Waals surface area (Å²) in [6.45, 7) is 6.23. The normalized spacial score (nSPS) is 23.2. The first-order chi connectivity index (χ1) is 13.5. The number of piperidine rings is 1. The van der Waals surface area contributed by atoms with Crippen LogP contribution in [0, 0.1) is 6.92 Å². The zero-order valence-corrected chi connectivity index (χ0v) is 16.9. The molecule has 1 aliphatic carbocycles. The number of benzene rings is 1. The molecule has 5 nitrogen and oxygen atoms in total. The van der Waals surface area contributed by atoms with Crippen molar-refractivity contribution in [1.82, 2.24) is 14.8 Å². The van der Waals surface area contributed by atoms with Gasteiger partial charge < -0.3 is 10.0 Å². The van der Waals surface area contributed by atoms with Gasteiger partial charge in [0.2, 0.25) is 0 Å². The summed E-state index contributed by atoms with van der Waals surface area (Å²) < 4.78 is 0. The second-order valence-electron chi connectivity index (χ2n) is 8.19. The minimum Gasteiger partial charge on any atom is -0.390 e. The third kappa shape index (κ3) is 2.93. The summed E-state index contributed by atoms with van der Waals surface area (Å²) in [4.78, 5) is 21.3. The minimum absolute atomic E-state index is 0.0183. The summed E-state index contributed by atoms with van der Waals surface area (Å²) in [6.07, 6.45) is 2.77. The quantitative estimate of drug-likeness (QED) is 0.891. The molecule has 0 unspecified atom stereocenters. The van der Waals surface area contributed by atoms with Gasteiger partial charge in [0.15, 0.2) is 0 Å². The highest BCUT2D eigenvalue weighted by Crippen LogP contribution is 2.52. The van der Waals surface area contributed by atoms with Gasteiger partial charge in [-0.05, 0) is 56.6 Å². The Kier molecular flexibility index (Phi) is 4.98. The van der Waals surface area contributed by atoms with E-state index < -0.39 is 6.10 Å². The molecule has 2 heterocycles. The van der Waals surface area contributed by atoms with E-state index in [2.05, 4.69) is 48.1 Å². The van der Waals surface area contributed by atoms with Crippen LogP contribution < -0.4 is 0 Å². The Morgan fingerprint density at radius 3 is 2.61 bits per heavy atom. The fraction of sp³-hybridized carbons (Fsp3) is 0.478. The van der Waals surface area contributed by atoms with E-state index in [4.69, 9.17) is 0 Å². The highest BCUT2D eigenvalue weighted by Gasteiger charge is 2.53. The van der Waals surface area contributed by atoms with E-state index in [9.17, 15) is 9.90 Å². The minimum atomic E-state index is -0.451. The van der Waals surface area contributed by atoms with Gasteiger partial charge in [0.25, 0.3) is 5.91 Å². The Morgan fingerprint density at radius 1 is 1.25 bits per heavy atom. The smallest absolute Gasteiger partial charge is 0.255 e. The number of fused-ring (bicyclic) bond motifs is 2. The van der Waals surface area contributed by atoms with Gasteiger partial charge in [0.1, 0.15) is 0 Å². The average Bonchev–Trinajstić information content (AvgIpc) is 2.96. The van der Waals surface area contributed by atoms with Crippen LogP contribution in [-0.2, 0) is 5.41 Å². The van der Waals surface area contributed by atoms with Crippen LogP contribution in [0.1, 0.15) is 53.0 Å². The molecule has 1 spiro atoms. The largest absolute Gasteiger partial charge is 0.390 e. The molecule has 4 rings (SSSR count). The molecule has 0 saturated carbocycles. The van der Waals surface area contributed by atoms with Crippen LogP contribution in [0.4, 0.5) is 0 Å². The number of likely N-dealkylation sites (N-methyl/N-ethyl adjacent to an activating group) is 1. The van der Waals surface area contributed by atoms with Crippen LogP contribution in [0.25, 0.3) is 0 Å². The number of hydrogen-bond acceptors (Lipinski definition) is 4. The lowest BCUT2D eigenvalue weighted by Crippen LogP contribution is -2.50. The Bertz CT molecular complexity index is 856. The van der Waals surface area contributed by atoms with Crippen LogP contribution in [0.15, 0.2) is 42.6 Å². The van der Waals surface area contributed by atoms with E-state index in [1.807, 2.05) is 24.0 Å². The van der Waals surface area contributed by atoms with E-state index in [-0.39, 0.29) is 17.4 Å². The van der Waals surface area contributed by atoms with Gasteiger partial charge in [-0.1, -0.05) is 31.2 Å². The number of aryl methyl sites for hydroxylation is 1. The summed E-state index contributed by atoms with van der Waals surface area (Å²) in [7, 11) is 2.08. The molecule has 2 aliphatic rings. The van der Waals surface area contributed by atoms with Crippen molar-refractivity contribution < 1.29 is 9.90 Å². The Morgan fingerprint density at radius 2 is 1.96 bits per heavy atom. The summed E-state index contributed by atoms with van der Waals surface area (Å²) in [5.74, 6) is 0.0327. The van der Waals surface area contributed by atoms with E-state index in [0.29, 0.717) is 18.7 Å². The molecule has 2 atom stereocenters. The molecule has 0 radical (unpaired) electrons. The van der Waals surface area contributed by atoms with Crippen molar-refractivity contribution in [1.29, 1.82) is 0 Å². The highest BCUT2D eigenvalue weighted by molar-refractivity contribution is 5.94. The fourth-order valence-electron chi connectivity index (χ4n) is 4.97. The SMILES string of the molecule is CCN(C)[C@H]1c2ccccc2C2(CCN(C(=O)c3ccc(C)nc3)CC2)[C@@H]1O. The van der Waals surface area contributed by atoms with Crippen LogP contribution >= 0.6 is 0 Å². The van der Waals surface area contributed by atoms with Crippen LogP contribution in [-0.4, -0.2) is 58.6 Å². The molecule has 1 saturated heterocycles. The lowest BCUT2D eigenvalue weighted by molar-refractivity contribution is -0.00593. The number of likely N-dealkylation sites (tertiary alicyclic amines) is 1. The van der Waals surface area contributed by atoms with Crippen molar-refractivity contribution >= 4 is 5.91 Å². The van der Waals surface area contributed by atoms with Crippen molar-refractivity contribution in [3.63, 3.8) is 0 Å². The number of pyridine rings is 1. The molecule has 5 heteroatoms. The first kappa shape index (κ1) is 19.1. The molecule has 148 valence electrons. The summed E-state index contributed by atoms with van der Waals surface area (Å²) >= 11 is 0. The van der Waals surface area contributed by atoms with Crippen molar-refractivity contribution in [3.05, 3.63) is 65.0 Å². The summed E-state index contributed by atoms with van der Waals surface area (Å²) in [5.41, 5.74) is 3.77. The maximum Gasteiger partial charge on any atom is 0.255 e. The molecule has 1 N–H and O–H groups in total. The van der Waals surface area contributed by atoms with Gasteiger partial charge in [-0.3, -0.25) is 14.7 Å². The number of aromatic nitrogens is 1. The Labute approximate surface area is 167 Å². The zero-order chi connectivity index (χ0) is 19.9. The zero-order valence-electron chi connectivity index (χ0n) is 16.9. The summed E-state index contributed by atoms with van der Waals surface area (Å²) in [5, 5.41) is 11.4. The Hall–Kier alpha value is -2.24. The van der Waals surface area contributed by atoms with Crippen LogP contribution in [0.5, 0.6) is 0 Å². The van der Waals surface area contributed by atoms with Gasteiger partial charge in [0.05, 0.1) is 17.7 Å². The van der Waals surface area contributed by atoms with E-state index in [1.54, 1.807) is 6.20 Å². The van der Waals surface area contributed by atoms with E-state index >= 15 is 0 Å². The van der Waals surface area contributed by atoms with Gasteiger partial charge >= 0.3 is 0 Å². The molecule has 2 aromatic rings. The number of rotatable bonds is 3. The van der Waals surface area contributed by atoms with Gasteiger partial charge in [-0.15, -0.1) is 0 Å². The molecule has 1 aromatic carbocycles. The number of hydrogen-bond donors (Lipinski definition) is 1. The van der Waals surface area contributed by atoms with Crippen molar-refractivity contribution in [2.45, 2.75) is 44.2 Å². The second-order valence-corrected chi connectivity index (χ2v) is 8.19. The summed E-state index contributed by atoms with van der Waals surface area (Å²) in [6, 6.07) is 12.2. The highest BCUT2D eigenvalue weighted by atomic mass is 16.3. The molecule has 1 aromatic heterocycles. The molecule has 1 aliphatic heterocycles. The van der Waals surface area contributed by atoms with Gasteiger partial charge in [-0.2, -0.15) is 0 Å². The van der Waals surface area contributed by atoms with Gasteiger partial charge in [0, 0.05) is 30.4 Å². The predicted molar refractivity (Wildman–Crippen MR) is 109 cm³/mol. The fourth-order valence-corrected chi connectivity index (χ4v) is 4.97. The number of amides is 1. The molecule has 28 heavy (non-hydrogen) atoms. The number of aliphatic hydroxyl groups is 1. The number of aliphatic hydroxyl groups excluding tert-OH is 1. The lowest BCUT2D eigenvalue weighted by Gasteiger charge is -2.43. The number of carbonyl (C=O) groups is 1. The average molecular weight is 380 g/mol. The first-order valence-corrected chi connectivity index (χ1v) is 10.2. The monoisotopic (exact) mass is 379 g/mol. The lowest BCUT2D eigenvalue weighted by atomic mass is 9.72. The maximum absolute atomic E-state index is 12.9. The number of carbonyl (C=O) groups excluding carboxylic acids is 1. The first-order valence-electron chi connectivity index (χ1n) is 10.2. The molecule has 1 fully saturated rings. The number of nitrogens with zero attached hydrogens (tertiary/aromatic N) is 3. The standard InChI is InChI=1S/C23H29N3O2/c1-4-25(3)20-18-7-5-6-8-19(18)23(21(20)27)11-13-26(14-12-23)22(28)17-10-9-16(2)24-15-17/h5-10,15,20-21,27H,4,11-14H2,1-3H3/t20-,21+/m0/s1. The molecular formula is C23H29N3O2. The van der Waals surface area contributed by atoms with Crippen LogP contribution in [0.2, 0.25) is 0 Å². The molecule has 1 amide bonds. The van der Waals surface area contributed by atoms with E-state index in [0.717, 1.165) is 25.1 Å². The maximum atomic E-state index is 12.9. The van der Waals surface area contributed by atoms with Crippen molar-refractivity contribution in [2.24, 2.45) is 0 Å². The molecule has 0 bridgehead atoms. The predicted octanol–water partition coefficient (Wildman–Crippen LogP) is 2.93. The van der Waals surface area contributed by atoms with Gasteiger partial charge in [-0.25, -0.2) is 0 Å². The van der Waals surface area contributed by atoms with E-state index in [1.165, 1.54) is 11.1 Å². The van der Waals surface area contributed by atoms with Crippen molar-refractivity contribution in [2.75, 3.05) is 26.7 Å². The Balaban J connectivity index is 1.58.